The molecule has 0 aliphatic carbocycles. The summed E-state index contributed by atoms with van der Waals surface area (Å²) in [5.41, 5.74) is 26.7. The van der Waals surface area contributed by atoms with Gasteiger partial charge in [0, 0.05) is 29.8 Å². The molecule has 0 unspecified atom stereocenters. The van der Waals surface area contributed by atoms with Gasteiger partial charge in [0.05, 0.1) is 41.2 Å². The zero-order valence-corrected chi connectivity index (χ0v) is 68.0. The van der Waals surface area contributed by atoms with Crippen LogP contribution >= 0.6 is 0 Å². The normalized spacial score (nSPS) is 12.6. The van der Waals surface area contributed by atoms with Gasteiger partial charge >= 0.3 is 6.97 Å². The molecule has 0 spiro atoms. The highest BCUT2D eigenvalue weighted by Gasteiger charge is 2.56. The molecule has 0 radical (unpaired) electrons. The summed E-state index contributed by atoms with van der Waals surface area (Å²) in [7, 11) is 0. The maximum atomic E-state index is 17.7. The fourth-order valence-electron chi connectivity index (χ4n) is 17.1. The molecule has 19 rings (SSSR count). The van der Waals surface area contributed by atoms with Crippen molar-refractivity contribution in [3.8, 4) is 34.3 Å². The summed E-state index contributed by atoms with van der Waals surface area (Å²) in [5.74, 6) is 0.595. The van der Waals surface area contributed by atoms with Crippen LogP contribution in [-0.4, -0.2) is 66.6 Å². The van der Waals surface area contributed by atoms with Gasteiger partial charge < -0.3 is 31.8 Å². The van der Waals surface area contributed by atoms with E-state index in [4.69, 9.17) is 39.9 Å². The number of fused-ring (bicyclic) bond motifs is 2. The predicted molar refractivity (Wildman–Crippen MR) is 485 cm³/mol. The van der Waals surface area contributed by atoms with Gasteiger partial charge in [-0.25, -0.2) is 14.0 Å². The molecule has 123 heavy (non-hydrogen) atoms. The lowest BCUT2D eigenvalue weighted by molar-refractivity contribution is -0.363. The van der Waals surface area contributed by atoms with E-state index < -0.39 is 6.97 Å². The standard InChI is InChI=1S/C106H82BF2N11O3/c1-72-64-74(3)119-103(72)102(104-73(2)65-75(4)120(104)107(119,108)109)94-62-63-95(121-69-88-66-116(113-110-88)91-56-50-85(51-57-91)99(82-44-26-11-27-45-82)96(76-32-14-5-15-33-76)77-34-16-6-17-35-77)106(123-71-90-68-118(115-112-90)93-60-54-87(55-61-93)101(84-48-30-13-31-49-84)98(80-40-22-9-23-41-80)81-42-24-10-25-43-81)105(94)122-70-89-67-117(114-111-89)92-58-52-86(53-59-92)100(83-46-28-12-29-47-83)97(78-36-18-7-19-37-78)79-38-20-8-21-39-79/h5-68H,69-71H2,1-4H3. The summed E-state index contributed by atoms with van der Waals surface area (Å²) in [5, 5.41) is 28.3. The average molecular weight is 1610 g/mol. The molecule has 0 fully saturated rings. The molecule has 0 saturated heterocycles. The number of aromatic nitrogens is 10. The van der Waals surface area contributed by atoms with Crippen LogP contribution < -0.4 is 14.2 Å². The van der Waals surface area contributed by atoms with E-state index in [2.05, 4.69) is 260 Å². The number of allylic oxidation sites excluding steroid dienone is 2. The molecule has 14 nitrogen and oxygen atoms in total. The first kappa shape index (κ1) is 77.2. The van der Waals surface area contributed by atoms with Crippen molar-refractivity contribution in [1.29, 1.82) is 0 Å². The van der Waals surface area contributed by atoms with Crippen molar-refractivity contribution in [2.75, 3.05) is 0 Å². The van der Waals surface area contributed by atoms with E-state index >= 15 is 8.63 Å². The van der Waals surface area contributed by atoms with Crippen molar-refractivity contribution in [2.45, 2.75) is 47.5 Å². The van der Waals surface area contributed by atoms with E-state index in [1.54, 1.807) is 34.0 Å². The second-order valence-electron chi connectivity index (χ2n) is 30.6. The third-order valence-electron chi connectivity index (χ3n) is 22.6. The Morgan fingerprint density at radius 1 is 0.325 bits per heavy atom. The lowest BCUT2D eigenvalue weighted by Crippen LogP contribution is -2.51. The average Bonchev–Trinajstić information content (AvgIpc) is 1.53. The Labute approximate surface area is 712 Å². The molecule has 17 aromatic rings. The quantitative estimate of drug-likeness (QED) is 0.0406. The first-order valence-electron chi connectivity index (χ1n) is 41.0. The molecule has 6 heterocycles. The highest BCUT2D eigenvalue weighted by Crippen LogP contribution is 2.52. The minimum Gasteiger partial charge on any atom is -0.483 e. The first-order valence-corrected chi connectivity index (χ1v) is 41.0. The van der Waals surface area contributed by atoms with Gasteiger partial charge in [-0.3, -0.25) is 0 Å². The molecule has 0 atom stereocenters. The first-order chi connectivity index (χ1) is 60.4. The highest BCUT2D eigenvalue weighted by molar-refractivity contribution is 6.58. The number of benzene rings is 13. The van der Waals surface area contributed by atoms with Gasteiger partial charge in [0.2, 0.25) is 5.75 Å². The fraction of sp³-hybridized carbons (Fsp3) is 0.0660. The predicted octanol–water partition coefficient (Wildman–Crippen LogP) is 23.0. The third kappa shape index (κ3) is 15.5. The molecule has 0 bridgehead atoms. The highest BCUT2D eigenvalue weighted by atomic mass is 19.2. The van der Waals surface area contributed by atoms with Crippen molar-refractivity contribution in [3.05, 3.63) is 506 Å². The van der Waals surface area contributed by atoms with Gasteiger partial charge in [-0.2, -0.15) is 0 Å². The Kier molecular flexibility index (Phi) is 21.3. The minimum atomic E-state index is -4.38. The fourth-order valence-corrected chi connectivity index (χ4v) is 17.1. The number of nitrogens with zero attached hydrogens (tertiary/aromatic N) is 11. The Morgan fingerprint density at radius 3 is 0.902 bits per heavy atom. The lowest BCUT2D eigenvalue weighted by Gasteiger charge is -2.34. The van der Waals surface area contributed by atoms with Crippen LogP contribution in [0.5, 0.6) is 17.2 Å². The number of ether oxygens (including phenoxy) is 3. The van der Waals surface area contributed by atoms with Crippen molar-refractivity contribution in [1.82, 2.24) is 49.5 Å². The SMILES string of the molecule is CC1=CC(C)=[N+]2C1=C(c1ccc(OCc3cn(-c4ccc(C(=C(c5ccccc5)c5ccccc5)c5ccccc5)cc4)nn3)c(OCc3cn(-c4ccc(C(=C(c5ccccc5)c5ccccc5)c5ccccc5)cc4)nn3)c1OCc1cn(-c3ccc(C(=C(c4ccccc4)c4ccccc4)c4ccccc4)cc3)nn1)c1c(C)cc(C)n1[B-]2(F)F. The summed E-state index contributed by atoms with van der Waals surface area (Å²) in [6.07, 6.45) is 7.30. The van der Waals surface area contributed by atoms with Gasteiger partial charge in [0.25, 0.3) is 0 Å². The Morgan fingerprint density at radius 2 is 0.602 bits per heavy atom. The van der Waals surface area contributed by atoms with E-state index in [1.807, 2.05) is 142 Å². The molecule has 0 N–H and O–H groups in total. The van der Waals surface area contributed by atoms with Gasteiger partial charge in [-0.15, -0.1) is 15.3 Å². The van der Waals surface area contributed by atoms with Gasteiger partial charge in [-0.1, -0.05) is 325 Å². The molecule has 17 heteroatoms. The smallest absolute Gasteiger partial charge is 0.483 e. The molecule has 2 aliphatic heterocycles. The monoisotopic (exact) mass is 1610 g/mol. The molecule has 2 aliphatic rings. The number of hydrogen-bond acceptors (Lipinski definition) is 9. The van der Waals surface area contributed by atoms with E-state index in [1.165, 1.54) is 8.96 Å². The molecular formula is C106H82BF2N11O3. The van der Waals surface area contributed by atoms with Crippen LogP contribution in [0.4, 0.5) is 8.63 Å². The maximum Gasteiger partial charge on any atom is 0.737 e. The van der Waals surface area contributed by atoms with Crippen LogP contribution in [0.15, 0.2) is 400 Å². The van der Waals surface area contributed by atoms with Crippen molar-refractivity contribution in [3.63, 3.8) is 0 Å². The van der Waals surface area contributed by atoms with Crippen LogP contribution in [0, 0.1) is 13.8 Å². The molecule has 13 aromatic carbocycles. The zero-order chi connectivity index (χ0) is 83.3. The summed E-state index contributed by atoms with van der Waals surface area (Å²) < 4.78 is 64.4. The number of rotatable bonds is 25. The molecule has 0 saturated carbocycles. The topological polar surface area (TPSA) is 128 Å². The van der Waals surface area contributed by atoms with Crippen LogP contribution in [0.2, 0.25) is 0 Å². The van der Waals surface area contributed by atoms with Crippen LogP contribution in [0.1, 0.15) is 120 Å². The Balaban J connectivity index is 0.701. The summed E-state index contributed by atoms with van der Waals surface area (Å²) >= 11 is 0. The van der Waals surface area contributed by atoms with E-state index in [-0.39, 0.29) is 37.1 Å². The van der Waals surface area contributed by atoms with Gasteiger partial charge in [0.15, 0.2) is 17.2 Å². The van der Waals surface area contributed by atoms with Crippen LogP contribution in [0.3, 0.4) is 0 Å². The van der Waals surface area contributed by atoms with Crippen molar-refractivity contribution >= 4 is 51.7 Å². The maximum absolute atomic E-state index is 17.7. The van der Waals surface area contributed by atoms with E-state index in [9.17, 15) is 0 Å². The van der Waals surface area contributed by atoms with Crippen LogP contribution in [-0.2, 0) is 19.8 Å². The van der Waals surface area contributed by atoms with Crippen molar-refractivity contribution < 1.29 is 27.3 Å². The summed E-state index contributed by atoms with van der Waals surface area (Å²) in [6.45, 7) is 2.41. The lowest BCUT2D eigenvalue weighted by atomic mass is 9.83. The summed E-state index contributed by atoms with van der Waals surface area (Å²) in [4.78, 5) is 0. The summed E-state index contributed by atoms with van der Waals surface area (Å²) in [6, 6.07) is 125. The van der Waals surface area contributed by atoms with Crippen molar-refractivity contribution in [2.24, 2.45) is 0 Å². The van der Waals surface area contributed by atoms with E-state index in [0.29, 0.717) is 62.2 Å². The Bertz CT molecular complexity index is 6790. The van der Waals surface area contributed by atoms with Gasteiger partial charge in [0.1, 0.15) is 42.6 Å². The molecule has 4 aromatic heterocycles. The second-order valence-corrected chi connectivity index (χ2v) is 30.6. The zero-order valence-electron chi connectivity index (χ0n) is 68.0. The largest absolute Gasteiger partial charge is 0.737 e. The van der Waals surface area contributed by atoms with Gasteiger partial charge in [-0.05, 0) is 187 Å². The minimum absolute atomic E-state index is 0.0830. The number of aryl methyl sites for hydroxylation is 2. The Hall–Kier alpha value is -15.7. The third-order valence-corrected chi connectivity index (χ3v) is 22.6. The van der Waals surface area contributed by atoms with E-state index in [0.717, 1.165) is 117 Å². The molecular weight excluding hydrogens is 1520 g/mol. The number of halogens is 2. The number of hydrogen-bond donors (Lipinski definition) is 0. The van der Waals surface area contributed by atoms with Crippen LogP contribution in [0.25, 0.3) is 56.1 Å². The second kappa shape index (κ2) is 33.9. The molecule has 596 valence electrons. The molecule has 0 amide bonds.